The normalized spacial score (nSPS) is 11.9. The van der Waals surface area contributed by atoms with Crippen molar-refractivity contribution in [2.24, 2.45) is 7.05 Å². The SMILES string of the molecule is Cc1ccccc1-c1c2cc(C[n+]3ccc4c(C(C)C)cc(C[n+]5ccc6cc(C(C)C)ccc6c5-c5ccccc5C)cc4c3-c3ccccc3C)ccc2c(C(C)C)c[n+]1C. The third kappa shape index (κ3) is 7.84. The van der Waals surface area contributed by atoms with Crippen molar-refractivity contribution in [3.05, 3.63) is 197 Å². The van der Waals surface area contributed by atoms with Gasteiger partial charge in [0.1, 0.15) is 7.05 Å². The molecule has 6 aromatic carbocycles. The molecule has 0 N–H and O–H groups in total. The Labute approximate surface area is 375 Å². The van der Waals surface area contributed by atoms with Crippen LogP contribution in [0.4, 0.5) is 0 Å². The molecule has 0 atom stereocenters. The minimum absolute atomic E-state index is 0.344. The molecule has 9 aromatic rings. The van der Waals surface area contributed by atoms with Crippen molar-refractivity contribution in [3.8, 4) is 33.8 Å². The highest BCUT2D eigenvalue weighted by atomic mass is 15.0. The van der Waals surface area contributed by atoms with E-state index in [4.69, 9.17) is 0 Å². The summed E-state index contributed by atoms with van der Waals surface area (Å²) >= 11 is 0. The zero-order chi connectivity index (χ0) is 44.1. The number of hydrogen-bond acceptors (Lipinski definition) is 0. The lowest BCUT2D eigenvalue weighted by atomic mass is 9.90. The standard InChI is InChI=1S/C60H62N3/c1-38(2)46-24-26-51-47(34-46)27-29-62(59(51)49-21-15-12-18-42(49)8)36-45-32-54(39(3)4)53-28-30-63(60(56(53)33-45)50-22-16-13-19-43(50)9)35-44-23-25-52-55(31-44)58(48-20-14-11-17-41(48)7)61(10)37-57(52)40(5)6/h11-34,37-40H,35-36H2,1-10H3/q+3. The van der Waals surface area contributed by atoms with Gasteiger partial charge in [0, 0.05) is 45.5 Å². The summed E-state index contributed by atoms with van der Waals surface area (Å²) in [5.41, 5.74) is 18.2. The number of aromatic nitrogens is 3. The van der Waals surface area contributed by atoms with Gasteiger partial charge in [0.25, 0.3) is 0 Å². The molecule has 0 unspecified atom stereocenters. The number of hydrogen-bond donors (Lipinski definition) is 0. The van der Waals surface area contributed by atoms with Gasteiger partial charge in [-0.25, -0.2) is 4.57 Å². The summed E-state index contributed by atoms with van der Waals surface area (Å²) in [6.45, 7) is 22.1. The smallest absolute Gasteiger partial charge is 0.200 e. The lowest BCUT2D eigenvalue weighted by molar-refractivity contribution is -0.676. The molecule has 314 valence electrons. The van der Waals surface area contributed by atoms with Crippen LogP contribution in [-0.2, 0) is 20.1 Å². The van der Waals surface area contributed by atoms with Crippen LogP contribution in [0.1, 0.15) is 104 Å². The van der Waals surface area contributed by atoms with E-state index in [0.717, 1.165) is 13.1 Å². The van der Waals surface area contributed by atoms with Crippen molar-refractivity contribution < 1.29 is 13.7 Å². The van der Waals surface area contributed by atoms with Gasteiger partial charge >= 0.3 is 0 Å². The average molecular weight is 825 g/mol. The summed E-state index contributed by atoms with van der Waals surface area (Å²) in [5.74, 6) is 1.22. The molecule has 0 saturated heterocycles. The van der Waals surface area contributed by atoms with E-state index in [2.05, 4.69) is 235 Å². The molecule has 0 aliphatic heterocycles. The molecule has 0 bridgehead atoms. The molecule has 0 fully saturated rings. The Hall–Kier alpha value is -6.45. The van der Waals surface area contributed by atoms with Crippen molar-refractivity contribution in [2.75, 3.05) is 0 Å². The van der Waals surface area contributed by atoms with Crippen LogP contribution >= 0.6 is 0 Å². The highest BCUT2D eigenvalue weighted by molar-refractivity contribution is 5.98. The first-order valence-electron chi connectivity index (χ1n) is 23.0. The van der Waals surface area contributed by atoms with Gasteiger partial charge in [-0.3, -0.25) is 0 Å². The fraction of sp³-hybridized carbons (Fsp3) is 0.250. The highest BCUT2D eigenvalue weighted by Crippen LogP contribution is 2.37. The average Bonchev–Trinajstić information content (AvgIpc) is 3.26. The first kappa shape index (κ1) is 41.9. The van der Waals surface area contributed by atoms with E-state index < -0.39 is 0 Å². The van der Waals surface area contributed by atoms with Gasteiger partial charge in [0.05, 0.1) is 16.2 Å². The van der Waals surface area contributed by atoms with E-state index >= 15 is 0 Å². The van der Waals surface area contributed by atoms with Crippen LogP contribution in [0.3, 0.4) is 0 Å². The van der Waals surface area contributed by atoms with Crippen LogP contribution < -0.4 is 13.7 Å². The first-order chi connectivity index (χ1) is 30.4. The quantitative estimate of drug-likeness (QED) is 0.122. The molecule has 3 heterocycles. The predicted molar refractivity (Wildman–Crippen MR) is 264 cm³/mol. The second-order valence-electron chi connectivity index (χ2n) is 18.9. The minimum atomic E-state index is 0.344. The van der Waals surface area contributed by atoms with Crippen LogP contribution in [-0.4, -0.2) is 0 Å². The van der Waals surface area contributed by atoms with Crippen LogP contribution in [0, 0.1) is 20.8 Å². The number of fused-ring (bicyclic) bond motifs is 3. The fourth-order valence-corrected chi connectivity index (χ4v) is 10.0. The van der Waals surface area contributed by atoms with E-state index in [-0.39, 0.29) is 0 Å². The largest absolute Gasteiger partial charge is 0.220 e. The van der Waals surface area contributed by atoms with Gasteiger partial charge in [-0.15, -0.1) is 0 Å². The molecule has 0 aliphatic carbocycles. The third-order valence-corrected chi connectivity index (χ3v) is 13.4. The van der Waals surface area contributed by atoms with Gasteiger partial charge in [0.15, 0.2) is 31.7 Å². The van der Waals surface area contributed by atoms with Crippen LogP contribution in [0.5, 0.6) is 0 Å². The summed E-state index contributed by atoms with van der Waals surface area (Å²) in [7, 11) is 2.21. The van der Waals surface area contributed by atoms with Crippen molar-refractivity contribution in [2.45, 2.75) is 93.2 Å². The first-order valence-corrected chi connectivity index (χ1v) is 23.0. The van der Waals surface area contributed by atoms with Crippen molar-refractivity contribution in [3.63, 3.8) is 0 Å². The van der Waals surface area contributed by atoms with Gasteiger partial charge in [-0.2, -0.15) is 9.13 Å². The van der Waals surface area contributed by atoms with E-state index in [1.54, 1.807) is 0 Å². The third-order valence-electron chi connectivity index (χ3n) is 13.4. The second kappa shape index (κ2) is 17.0. The maximum absolute atomic E-state index is 2.51. The Morgan fingerprint density at radius 1 is 0.413 bits per heavy atom. The van der Waals surface area contributed by atoms with E-state index in [1.165, 1.54) is 111 Å². The number of rotatable bonds is 10. The molecule has 3 aromatic heterocycles. The van der Waals surface area contributed by atoms with Gasteiger partial charge in [-0.1, -0.05) is 120 Å². The van der Waals surface area contributed by atoms with Crippen LogP contribution in [0.25, 0.3) is 66.1 Å². The summed E-state index contributed by atoms with van der Waals surface area (Å²) in [4.78, 5) is 0. The lowest BCUT2D eigenvalue weighted by Crippen LogP contribution is -2.38. The molecule has 0 radical (unpaired) electrons. The molecule has 63 heavy (non-hydrogen) atoms. The van der Waals surface area contributed by atoms with Gasteiger partial charge < -0.3 is 0 Å². The molecule has 0 aliphatic rings. The molecule has 0 saturated carbocycles. The summed E-state index contributed by atoms with van der Waals surface area (Å²) in [6.07, 6.45) is 7.00. The Morgan fingerprint density at radius 2 is 0.905 bits per heavy atom. The fourth-order valence-electron chi connectivity index (χ4n) is 10.0. The van der Waals surface area contributed by atoms with Gasteiger partial charge in [-0.05, 0) is 125 Å². The molecule has 3 nitrogen and oxygen atoms in total. The predicted octanol–water partition coefficient (Wildman–Crippen LogP) is 13.9. The monoisotopic (exact) mass is 824 g/mol. The van der Waals surface area contributed by atoms with Gasteiger partial charge in [0.2, 0.25) is 17.1 Å². The van der Waals surface area contributed by atoms with Crippen molar-refractivity contribution in [1.82, 2.24) is 0 Å². The van der Waals surface area contributed by atoms with E-state index in [9.17, 15) is 0 Å². The van der Waals surface area contributed by atoms with Crippen molar-refractivity contribution >= 4 is 32.3 Å². The number of nitrogens with zero attached hydrogens (tertiary/aromatic N) is 3. The maximum atomic E-state index is 2.51. The molecular weight excluding hydrogens is 763 g/mol. The Balaban J connectivity index is 1.25. The Morgan fingerprint density at radius 3 is 1.49 bits per heavy atom. The molecule has 0 amide bonds. The number of pyridine rings is 3. The minimum Gasteiger partial charge on any atom is -0.200 e. The summed E-state index contributed by atoms with van der Waals surface area (Å²) in [6, 6.07) is 50.5. The number of benzene rings is 6. The zero-order valence-electron chi connectivity index (χ0n) is 38.9. The molecular formula is C60H62N3+3. The maximum Gasteiger partial charge on any atom is 0.220 e. The lowest BCUT2D eigenvalue weighted by Gasteiger charge is -2.17. The Bertz CT molecular complexity index is 3200. The Kier molecular flexibility index (Phi) is 11.3. The molecule has 9 rings (SSSR count). The molecule has 0 spiro atoms. The summed E-state index contributed by atoms with van der Waals surface area (Å²) in [5, 5.41) is 7.82. The van der Waals surface area contributed by atoms with Crippen LogP contribution in [0.2, 0.25) is 0 Å². The highest BCUT2D eigenvalue weighted by Gasteiger charge is 2.27. The van der Waals surface area contributed by atoms with E-state index in [1.807, 2.05) is 0 Å². The zero-order valence-corrected chi connectivity index (χ0v) is 38.9. The molecule has 3 heteroatoms. The summed E-state index contributed by atoms with van der Waals surface area (Å²) < 4.78 is 7.34. The number of aryl methyl sites for hydroxylation is 4. The van der Waals surface area contributed by atoms with Crippen molar-refractivity contribution in [1.29, 1.82) is 0 Å². The van der Waals surface area contributed by atoms with Crippen LogP contribution in [0.15, 0.2) is 152 Å². The topological polar surface area (TPSA) is 11.6 Å². The second-order valence-corrected chi connectivity index (χ2v) is 18.9. The van der Waals surface area contributed by atoms with E-state index in [0.29, 0.717) is 17.8 Å².